The lowest BCUT2D eigenvalue weighted by atomic mass is 10.2. The number of para-hydroxylation sites is 1. The SMILES string of the molecule is C[C@H](NP(=O)(Oc1ccccc1)Oc1ccc(Br)cc1I)C(=O)OCc1ccccc1. The highest BCUT2D eigenvalue weighted by atomic mass is 127. The molecule has 3 aromatic rings. The van der Waals surface area contributed by atoms with E-state index in [1.165, 1.54) is 0 Å². The topological polar surface area (TPSA) is 73.9 Å². The molecule has 1 unspecified atom stereocenters. The van der Waals surface area contributed by atoms with Crippen LogP contribution in [0.25, 0.3) is 0 Å². The average Bonchev–Trinajstić information content (AvgIpc) is 2.75. The molecule has 0 aliphatic rings. The molecule has 0 aromatic heterocycles. The maximum Gasteiger partial charge on any atom is 0.513 e. The van der Waals surface area contributed by atoms with Crippen LogP contribution in [0.15, 0.2) is 83.3 Å². The Hall–Kier alpha value is -1.87. The number of esters is 1. The van der Waals surface area contributed by atoms with Gasteiger partial charge in [-0.2, -0.15) is 5.09 Å². The second-order valence-corrected chi connectivity index (χ2v) is 10.2. The predicted octanol–water partition coefficient (Wildman–Crippen LogP) is 6.34. The summed E-state index contributed by atoms with van der Waals surface area (Å²) >= 11 is 5.46. The number of hydrogen-bond acceptors (Lipinski definition) is 5. The molecule has 0 saturated carbocycles. The molecule has 0 heterocycles. The molecule has 0 radical (unpaired) electrons. The molecular weight excluding hydrogens is 596 g/mol. The molecule has 9 heteroatoms. The molecule has 2 atom stereocenters. The van der Waals surface area contributed by atoms with Gasteiger partial charge in [-0.3, -0.25) is 4.79 Å². The number of benzene rings is 3. The Bertz CT molecular complexity index is 1070. The van der Waals surface area contributed by atoms with E-state index < -0.39 is 19.8 Å². The highest BCUT2D eigenvalue weighted by molar-refractivity contribution is 14.1. The van der Waals surface area contributed by atoms with Gasteiger partial charge in [-0.1, -0.05) is 64.5 Å². The predicted molar refractivity (Wildman–Crippen MR) is 131 cm³/mol. The summed E-state index contributed by atoms with van der Waals surface area (Å²) < 4.78 is 32.0. The third kappa shape index (κ3) is 7.35. The maximum absolute atomic E-state index is 13.6. The van der Waals surface area contributed by atoms with Crippen LogP contribution in [-0.2, 0) is 20.7 Å². The van der Waals surface area contributed by atoms with Crippen molar-refractivity contribution in [2.75, 3.05) is 0 Å². The van der Waals surface area contributed by atoms with E-state index >= 15 is 0 Å². The van der Waals surface area contributed by atoms with Crippen molar-refractivity contribution in [3.05, 3.63) is 92.5 Å². The first-order chi connectivity index (χ1) is 14.8. The molecule has 0 amide bonds. The van der Waals surface area contributed by atoms with Gasteiger partial charge >= 0.3 is 13.7 Å². The minimum Gasteiger partial charge on any atom is -0.460 e. The Morgan fingerprint density at radius 1 is 1.03 bits per heavy atom. The number of carbonyl (C=O) groups is 1. The second-order valence-electron chi connectivity index (χ2n) is 6.51. The Labute approximate surface area is 203 Å². The van der Waals surface area contributed by atoms with Crippen LogP contribution in [-0.4, -0.2) is 12.0 Å². The van der Waals surface area contributed by atoms with Crippen molar-refractivity contribution < 1.29 is 23.1 Å². The van der Waals surface area contributed by atoms with Gasteiger partial charge in [-0.05, 0) is 65.4 Å². The summed E-state index contributed by atoms with van der Waals surface area (Å²) in [5.41, 5.74) is 0.854. The molecule has 0 aliphatic heterocycles. The van der Waals surface area contributed by atoms with Crippen molar-refractivity contribution in [2.24, 2.45) is 0 Å². The molecule has 31 heavy (non-hydrogen) atoms. The van der Waals surface area contributed by atoms with E-state index in [9.17, 15) is 9.36 Å². The summed E-state index contributed by atoms with van der Waals surface area (Å²) in [5.74, 6) is 0.130. The summed E-state index contributed by atoms with van der Waals surface area (Å²) in [5, 5.41) is 2.69. The van der Waals surface area contributed by atoms with E-state index in [-0.39, 0.29) is 6.61 Å². The van der Waals surface area contributed by atoms with Crippen LogP contribution >= 0.6 is 46.3 Å². The summed E-state index contributed by atoms with van der Waals surface area (Å²) in [6.07, 6.45) is 0. The smallest absolute Gasteiger partial charge is 0.460 e. The van der Waals surface area contributed by atoms with Gasteiger partial charge in [0, 0.05) is 4.47 Å². The Morgan fingerprint density at radius 2 is 1.68 bits per heavy atom. The lowest BCUT2D eigenvalue weighted by Crippen LogP contribution is -2.35. The number of carbonyl (C=O) groups excluding carboxylic acids is 1. The van der Waals surface area contributed by atoms with Crippen molar-refractivity contribution in [1.82, 2.24) is 5.09 Å². The van der Waals surface area contributed by atoms with Gasteiger partial charge in [0.15, 0.2) is 0 Å². The van der Waals surface area contributed by atoms with E-state index in [1.54, 1.807) is 43.3 Å². The molecule has 6 nitrogen and oxygen atoms in total. The zero-order chi connectivity index (χ0) is 22.3. The molecular formula is C22H20BrINO5P. The van der Waals surface area contributed by atoms with Gasteiger partial charge in [0.05, 0.1) is 3.57 Å². The number of rotatable bonds is 9. The molecule has 3 aromatic carbocycles. The molecule has 0 saturated heterocycles. The molecule has 0 aliphatic carbocycles. The van der Waals surface area contributed by atoms with Crippen LogP contribution in [0.4, 0.5) is 0 Å². The van der Waals surface area contributed by atoms with Gasteiger partial charge in [0.1, 0.15) is 24.1 Å². The van der Waals surface area contributed by atoms with E-state index in [1.807, 2.05) is 42.5 Å². The van der Waals surface area contributed by atoms with Crippen LogP contribution in [0.3, 0.4) is 0 Å². The number of nitrogens with one attached hydrogen (secondary N) is 1. The zero-order valence-corrected chi connectivity index (χ0v) is 21.2. The molecule has 0 spiro atoms. The van der Waals surface area contributed by atoms with Crippen molar-refractivity contribution in [3.8, 4) is 11.5 Å². The fourth-order valence-electron chi connectivity index (χ4n) is 2.51. The third-order valence-electron chi connectivity index (χ3n) is 4.01. The van der Waals surface area contributed by atoms with Crippen LogP contribution in [0.2, 0.25) is 0 Å². The van der Waals surface area contributed by atoms with Crippen LogP contribution in [0.1, 0.15) is 12.5 Å². The maximum atomic E-state index is 13.6. The lowest BCUT2D eigenvalue weighted by molar-refractivity contribution is -0.146. The van der Waals surface area contributed by atoms with Gasteiger partial charge in [-0.15, -0.1) is 0 Å². The van der Waals surface area contributed by atoms with Crippen molar-refractivity contribution in [3.63, 3.8) is 0 Å². The van der Waals surface area contributed by atoms with Gasteiger partial charge in [0.25, 0.3) is 0 Å². The largest absolute Gasteiger partial charge is 0.513 e. The van der Waals surface area contributed by atoms with E-state index in [0.717, 1.165) is 13.6 Å². The molecule has 3 rings (SSSR count). The first-order valence-electron chi connectivity index (χ1n) is 9.32. The quantitative estimate of drug-likeness (QED) is 0.172. The van der Waals surface area contributed by atoms with Crippen LogP contribution in [0, 0.1) is 3.57 Å². The monoisotopic (exact) mass is 615 g/mol. The zero-order valence-electron chi connectivity index (χ0n) is 16.5. The summed E-state index contributed by atoms with van der Waals surface area (Å²) in [4.78, 5) is 12.5. The van der Waals surface area contributed by atoms with E-state index in [4.69, 9.17) is 13.8 Å². The molecule has 0 bridgehead atoms. The third-order valence-corrected chi connectivity index (χ3v) is 6.94. The first kappa shape index (κ1) is 23.8. The Balaban J connectivity index is 1.75. The van der Waals surface area contributed by atoms with Crippen LogP contribution in [0.5, 0.6) is 11.5 Å². The number of hydrogen-bond donors (Lipinski definition) is 1. The Morgan fingerprint density at radius 3 is 2.32 bits per heavy atom. The first-order valence-corrected chi connectivity index (χ1v) is 12.7. The van der Waals surface area contributed by atoms with Crippen molar-refractivity contribution in [2.45, 2.75) is 19.6 Å². The van der Waals surface area contributed by atoms with Crippen molar-refractivity contribution in [1.29, 1.82) is 0 Å². The van der Waals surface area contributed by atoms with Gasteiger partial charge < -0.3 is 13.8 Å². The summed E-state index contributed by atoms with van der Waals surface area (Å²) in [7, 11) is -3.98. The van der Waals surface area contributed by atoms with E-state index in [2.05, 4.69) is 43.6 Å². The highest BCUT2D eigenvalue weighted by Crippen LogP contribution is 2.46. The summed E-state index contributed by atoms with van der Waals surface area (Å²) in [6, 6.07) is 22.3. The van der Waals surface area contributed by atoms with Gasteiger partial charge in [0.2, 0.25) is 0 Å². The average molecular weight is 616 g/mol. The number of halogens is 2. The minimum absolute atomic E-state index is 0.112. The molecule has 1 N–H and O–H groups in total. The molecule has 162 valence electrons. The standard InChI is InChI=1S/C22H20BrINO5P/c1-16(22(26)28-15-17-8-4-2-5-9-17)25-31(27,29-19-10-6-3-7-11-19)30-21-13-12-18(23)14-20(21)24/h2-14,16H,15H2,1H3,(H,25,27)/t16-,31?/m0/s1. The fraction of sp³-hybridized carbons (Fsp3) is 0.136. The molecule has 0 fully saturated rings. The van der Waals surface area contributed by atoms with Crippen LogP contribution < -0.4 is 14.1 Å². The second kappa shape index (κ2) is 11.1. The normalized spacial score (nSPS) is 13.6. The highest BCUT2D eigenvalue weighted by Gasteiger charge is 2.34. The lowest BCUT2D eigenvalue weighted by Gasteiger charge is -2.23. The minimum atomic E-state index is -3.98. The summed E-state index contributed by atoms with van der Waals surface area (Å²) in [6.45, 7) is 1.66. The van der Waals surface area contributed by atoms with E-state index in [0.29, 0.717) is 11.5 Å². The van der Waals surface area contributed by atoms with Crippen molar-refractivity contribution >= 4 is 52.2 Å². The number of ether oxygens (including phenoxy) is 1. The fourth-order valence-corrected chi connectivity index (χ4v) is 5.64. The Kier molecular flexibility index (Phi) is 8.54. The van der Waals surface area contributed by atoms with Gasteiger partial charge in [-0.25, -0.2) is 4.57 Å².